The summed E-state index contributed by atoms with van der Waals surface area (Å²) in [7, 11) is 5.43. The molecule has 0 aromatic heterocycles. The standard InChI is InChI=1S/C55H105NO7/c1-6-8-10-12-14-16-18-20-22-24-25-26-27-28-30-31-33-35-37-39-41-43-45-53(57)62-50-51(49-61-48-47-52(55(59)60)56(3,4)5)63-54(58)46-44-42-40-38-36-34-32-29-23-21-19-17-15-13-11-9-7-2/h27-28,51-52H,6-26,29-50H2,1-5H3/b28-27+. The summed E-state index contributed by atoms with van der Waals surface area (Å²) in [6, 6.07) is -0.723. The minimum Gasteiger partial charge on any atom is -0.544 e. The van der Waals surface area contributed by atoms with Crippen molar-refractivity contribution in [1.29, 1.82) is 0 Å². The van der Waals surface area contributed by atoms with Crippen molar-refractivity contribution in [2.24, 2.45) is 0 Å². The van der Waals surface area contributed by atoms with Crippen LogP contribution in [0.25, 0.3) is 0 Å². The molecule has 0 spiro atoms. The minimum absolute atomic E-state index is 0.0458. The van der Waals surface area contributed by atoms with E-state index in [4.69, 9.17) is 14.2 Å². The fourth-order valence-corrected chi connectivity index (χ4v) is 8.42. The van der Waals surface area contributed by atoms with Gasteiger partial charge in [-0.1, -0.05) is 225 Å². The van der Waals surface area contributed by atoms with Gasteiger partial charge < -0.3 is 28.6 Å². The van der Waals surface area contributed by atoms with E-state index in [1.54, 1.807) is 0 Å². The number of aliphatic carboxylic acids is 1. The lowest BCUT2D eigenvalue weighted by molar-refractivity contribution is -0.889. The van der Waals surface area contributed by atoms with Gasteiger partial charge in [0.25, 0.3) is 0 Å². The van der Waals surface area contributed by atoms with E-state index in [0.29, 0.717) is 12.8 Å². The number of hydrogen-bond acceptors (Lipinski definition) is 7. The summed E-state index contributed by atoms with van der Waals surface area (Å²) in [6.07, 6.45) is 52.4. The summed E-state index contributed by atoms with van der Waals surface area (Å²) in [6.45, 7) is 4.72. The fourth-order valence-electron chi connectivity index (χ4n) is 8.42. The molecule has 8 nitrogen and oxygen atoms in total. The summed E-state index contributed by atoms with van der Waals surface area (Å²) >= 11 is 0. The third-order valence-corrected chi connectivity index (χ3v) is 12.7. The van der Waals surface area contributed by atoms with Crippen molar-refractivity contribution in [3.63, 3.8) is 0 Å². The molecular weight excluding hydrogens is 787 g/mol. The summed E-state index contributed by atoms with van der Waals surface area (Å²) < 4.78 is 17.3. The average Bonchev–Trinajstić information content (AvgIpc) is 3.24. The molecule has 0 saturated heterocycles. The maximum atomic E-state index is 12.8. The van der Waals surface area contributed by atoms with E-state index in [9.17, 15) is 19.5 Å². The number of unbranched alkanes of at least 4 members (excludes halogenated alkanes) is 34. The Morgan fingerprint density at radius 1 is 0.460 bits per heavy atom. The number of rotatable bonds is 50. The number of hydrogen-bond donors (Lipinski definition) is 0. The van der Waals surface area contributed by atoms with Crippen molar-refractivity contribution in [2.75, 3.05) is 41.0 Å². The molecule has 0 amide bonds. The maximum absolute atomic E-state index is 12.8. The number of quaternary nitrogens is 1. The quantitative estimate of drug-likeness (QED) is 0.0259. The third-order valence-electron chi connectivity index (χ3n) is 12.7. The van der Waals surface area contributed by atoms with E-state index in [1.165, 1.54) is 199 Å². The molecule has 0 heterocycles. The van der Waals surface area contributed by atoms with E-state index in [0.717, 1.165) is 38.5 Å². The Morgan fingerprint density at radius 2 is 0.794 bits per heavy atom. The van der Waals surface area contributed by atoms with Crippen LogP contribution in [-0.4, -0.2) is 75.5 Å². The van der Waals surface area contributed by atoms with Gasteiger partial charge in [0, 0.05) is 19.3 Å². The Balaban J connectivity index is 4.17. The highest BCUT2D eigenvalue weighted by Crippen LogP contribution is 2.17. The molecule has 0 aliphatic carbocycles. The molecule has 372 valence electrons. The van der Waals surface area contributed by atoms with Crippen LogP contribution in [0.4, 0.5) is 0 Å². The van der Waals surface area contributed by atoms with Crippen molar-refractivity contribution < 1.29 is 38.2 Å². The Labute approximate surface area is 390 Å². The lowest BCUT2D eigenvalue weighted by Gasteiger charge is -2.34. The first kappa shape index (κ1) is 61.1. The molecule has 0 aromatic carbocycles. The van der Waals surface area contributed by atoms with E-state index in [1.807, 2.05) is 21.1 Å². The second-order valence-corrected chi connectivity index (χ2v) is 19.8. The summed E-state index contributed by atoms with van der Waals surface area (Å²) in [5.41, 5.74) is 0. The van der Waals surface area contributed by atoms with Gasteiger partial charge in [-0.25, -0.2) is 0 Å². The lowest BCUT2D eigenvalue weighted by atomic mass is 10.0. The number of carboxylic acid groups (broad SMARTS) is 1. The van der Waals surface area contributed by atoms with Crippen LogP contribution in [0, 0.1) is 0 Å². The highest BCUT2D eigenvalue weighted by atomic mass is 16.6. The molecule has 0 radical (unpaired) electrons. The van der Waals surface area contributed by atoms with Crippen molar-refractivity contribution in [3.05, 3.63) is 12.2 Å². The largest absolute Gasteiger partial charge is 0.544 e. The topological polar surface area (TPSA) is 102 Å². The van der Waals surface area contributed by atoms with Gasteiger partial charge in [0.05, 0.1) is 40.3 Å². The molecule has 0 aromatic rings. The SMILES string of the molecule is CCCCCCCCCCCCC/C=C/CCCCCCCCCC(=O)OCC(COCCC(C(=O)[O-])[N+](C)(C)C)OC(=O)CCCCCCCCCCCCCCCCCCC. The van der Waals surface area contributed by atoms with Crippen LogP contribution in [0.2, 0.25) is 0 Å². The Bertz CT molecular complexity index is 1040. The number of likely N-dealkylation sites (N-methyl/N-ethyl adjacent to an activating group) is 1. The van der Waals surface area contributed by atoms with Crippen LogP contribution in [0.15, 0.2) is 12.2 Å². The summed E-state index contributed by atoms with van der Waals surface area (Å²) in [5.74, 6) is -1.72. The fraction of sp³-hybridized carbons (Fsp3) is 0.909. The molecule has 2 atom stereocenters. The zero-order chi connectivity index (χ0) is 46.3. The molecule has 0 aliphatic heterocycles. The molecule has 0 N–H and O–H groups in total. The van der Waals surface area contributed by atoms with Crippen molar-refractivity contribution in [3.8, 4) is 0 Å². The second-order valence-electron chi connectivity index (χ2n) is 19.8. The van der Waals surface area contributed by atoms with Crippen LogP contribution >= 0.6 is 0 Å². The molecule has 0 saturated carbocycles. The zero-order valence-corrected chi connectivity index (χ0v) is 42.5. The maximum Gasteiger partial charge on any atom is 0.306 e. The Morgan fingerprint density at radius 3 is 1.14 bits per heavy atom. The first-order valence-corrected chi connectivity index (χ1v) is 27.2. The number of nitrogens with zero attached hydrogens (tertiary/aromatic N) is 1. The number of allylic oxidation sites excluding steroid dienone is 2. The van der Waals surface area contributed by atoms with Crippen LogP contribution in [-0.2, 0) is 28.6 Å². The Hall–Kier alpha value is -1.93. The van der Waals surface area contributed by atoms with Crippen molar-refractivity contribution >= 4 is 17.9 Å². The monoisotopic (exact) mass is 892 g/mol. The van der Waals surface area contributed by atoms with Crippen LogP contribution < -0.4 is 5.11 Å². The first-order chi connectivity index (χ1) is 30.6. The molecule has 8 heteroatoms. The van der Waals surface area contributed by atoms with Gasteiger partial charge in [-0.15, -0.1) is 0 Å². The molecule has 63 heavy (non-hydrogen) atoms. The number of carboxylic acids is 1. The van der Waals surface area contributed by atoms with Gasteiger partial charge >= 0.3 is 11.9 Å². The van der Waals surface area contributed by atoms with E-state index >= 15 is 0 Å². The Kier molecular flexibility index (Phi) is 45.2. The van der Waals surface area contributed by atoms with Crippen LogP contribution in [0.1, 0.15) is 271 Å². The molecular formula is C55H105NO7. The molecule has 0 aliphatic rings. The van der Waals surface area contributed by atoms with Crippen LogP contribution in [0.5, 0.6) is 0 Å². The summed E-state index contributed by atoms with van der Waals surface area (Å²) in [5, 5.41) is 11.7. The highest BCUT2D eigenvalue weighted by Gasteiger charge is 2.25. The molecule has 2 unspecified atom stereocenters. The highest BCUT2D eigenvalue weighted by molar-refractivity contribution is 5.70. The predicted molar refractivity (Wildman–Crippen MR) is 264 cm³/mol. The molecule has 0 fully saturated rings. The van der Waals surface area contributed by atoms with Gasteiger partial charge in [0.15, 0.2) is 6.10 Å². The zero-order valence-electron chi connectivity index (χ0n) is 42.5. The van der Waals surface area contributed by atoms with Crippen molar-refractivity contribution in [2.45, 2.75) is 283 Å². The van der Waals surface area contributed by atoms with Gasteiger partial charge in [-0.3, -0.25) is 9.59 Å². The number of esters is 2. The van der Waals surface area contributed by atoms with Gasteiger partial charge in [0.2, 0.25) is 0 Å². The van der Waals surface area contributed by atoms with Crippen molar-refractivity contribution in [1.82, 2.24) is 0 Å². The van der Waals surface area contributed by atoms with Gasteiger partial charge in [-0.05, 0) is 38.5 Å². The second kappa shape index (κ2) is 46.6. The predicted octanol–water partition coefficient (Wildman–Crippen LogP) is 14.5. The molecule has 0 bridgehead atoms. The van der Waals surface area contributed by atoms with Gasteiger partial charge in [0.1, 0.15) is 12.6 Å². The smallest absolute Gasteiger partial charge is 0.306 e. The van der Waals surface area contributed by atoms with E-state index in [2.05, 4.69) is 26.0 Å². The minimum atomic E-state index is -1.12. The first-order valence-electron chi connectivity index (χ1n) is 27.2. The molecule has 0 rings (SSSR count). The average molecular weight is 892 g/mol. The third kappa shape index (κ3) is 45.0. The van der Waals surface area contributed by atoms with Gasteiger partial charge in [-0.2, -0.15) is 0 Å². The van der Waals surface area contributed by atoms with E-state index in [-0.39, 0.29) is 42.7 Å². The lowest BCUT2D eigenvalue weighted by Crippen LogP contribution is -2.55. The normalized spacial score (nSPS) is 12.8. The number of carbonyl (C=O) groups excluding carboxylic acids is 3. The number of ether oxygens (including phenoxy) is 3. The summed E-state index contributed by atoms with van der Waals surface area (Å²) in [4.78, 5) is 37.1. The van der Waals surface area contributed by atoms with Crippen LogP contribution in [0.3, 0.4) is 0 Å². The van der Waals surface area contributed by atoms with E-state index < -0.39 is 18.1 Å². The number of carbonyl (C=O) groups is 3.